The van der Waals surface area contributed by atoms with E-state index < -0.39 is 5.63 Å². The number of hydrogen-bond acceptors (Lipinski definition) is 4. The molecule has 0 saturated carbocycles. The highest BCUT2D eigenvalue weighted by Gasteiger charge is 2.16. The maximum absolute atomic E-state index is 13.3. The number of hydrogen-bond donors (Lipinski definition) is 1. The van der Waals surface area contributed by atoms with Crippen molar-refractivity contribution in [3.05, 3.63) is 112 Å². The lowest BCUT2D eigenvalue weighted by atomic mass is 10.1. The molecular formula is C26H23FN2O3. The molecule has 5 nitrogen and oxygen atoms in total. The third-order valence-electron chi connectivity index (χ3n) is 5.16. The highest BCUT2D eigenvalue weighted by molar-refractivity contribution is 5.94. The lowest BCUT2D eigenvalue weighted by molar-refractivity contribution is 0.0742. The standard InChI is InChI=1S/C26H23FN2O3/c27-21-13-11-20(12-14-21)26(31)29(18-19-7-2-1-3-8-19)16-6-15-28-23-17-25(30)32-24-10-5-4-9-22(23)24/h1-5,7-14,17,28H,6,15-16,18H2. The molecule has 1 aromatic heterocycles. The molecule has 0 atom stereocenters. The number of anilines is 1. The summed E-state index contributed by atoms with van der Waals surface area (Å²) >= 11 is 0. The van der Waals surface area contributed by atoms with Gasteiger partial charge in [-0.2, -0.15) is 0 Å². The van der Waals surface area contributed by atoms with Gasteiger partial charge in [0.05, 0.1) is 5.69 Å². The largest absolute Gasteiger partial charge is 0.423 e. The second-order valence-electron chi connectivity index (χ2n) is 7.47. The van der Waals surface area contributed by atoms with Gasteiger partial charge in [-0.05, 0) is 48.4 Å². The first kappa shape index (κ1) is 21.3. The summed E-state index contributed by atoms with van der Waals surface area (Å²) in [6.07, 6.45) is 0.661. The molecule has 0 radical (unpaired) electrons. The van der Waals surface area contributed by atoms with Crippen molar-refractivity contribution in [2.45, 2.75) is 13.0 Å². The summed E-state index contributed by atoms with van der Waals surface area (Å²) in [5.74, 6) is -0.528. The number of nitrogens with one attached hydrogen (secondary N) is 1. The fourth-order valence-corrected chi connectivity index (χ4v) is 3.58. The van der Waals surface area contributed by atoms with Crippen molar-refractivity contribution in [2.24, 2.45) is 0 Å². The van der Waals surface area contributed by atoms with Crippen LogP contribution in [0.3, 0.4) is 0 Å². The van der Waals surface area contributed by atoms with Crippen molar-refractivity contribution in [1.29, 1.82) is 0 Å². The first-order valence-electron chi connectivity index (χ1n) is 10.5. The Balaban J connectivity index is 1.45. The number of rotatable bonds is 8. The van der Waals surface area contributed by atoms with Gasteiger partial charge in [0, 0.05) is 36.7 Å². The van der Waals surface area contributed by atoms with Crippen LogP contribution in [0, 0.1) is 5.82 Å². The molecule has 0 bridgehead atoms. The first-order valence-corrected chi connectivity index (χ1v) is 10.5. The van der Waals surface area contributed by atoms with Crippen molar-refractivity contribution in [2.75, 3.05) is 18.4 Å². The number of carbonyl (C=O) groups is 1. The van der Waals surface area contributed by atoms with Gasteiger partial charge in [-0.3, -0.25) is 4.79 Å². The molecule has 0 aliphatic heterocycles. The third kappa shape index (κ3) is 5.21. The van der Waals surface area contributed by atoms with Gasteiger partial charge >= 0.3 is 5.63 Å². The molecular weight excluding hydrogens is 407 g/mol. The highest BCUT2D eigenvalue weighted by atomic mass is 19.1. The minimum absolute atomic E-state index is 0.153. The van der Waals surface area contributed by atoms with Crippen LogP contribution < -0.4 is 10.9 Å². The average molecular weight is 430 g/mol. The van der Waals surface area contributed by atoms with Crippen LogP contribution in [0.15, 0.2) is 94.1 Å². The van der Waals surface area contributed by atoms with Crippen LogP contribution in [0.25, 0.3) is 11.0 Å². The summed E-state index contributed by atoms with van der Waals surface area (Å²) < 4.78 is 18.5. The van der Waals surface area contributed by atoms with Crippen LogP contribution in [0.5, 0.6) is 0 Å². The molecule has 32 heavy (non-hydrogen) atoms. The van der Waals surface area contributed by atoms with E-state index in [4.69, 9.17) is 4.42 Å². The third-order valence-corrected chi connectivity index (χ3v) is 5.16. The summed E-state index contributed by atoms with van der Waals surface area (Å²) in [5, 5.41) is 4.12. The average Bonchev–Trinajstić information content (AvgIpc) is 2.81. The molecule has 0 aliphatic carbocycles. The first-order chi connectivity index (χ1) is 15.6. The van der Waals surface area contributed by atoms with Crippen LogP contribution in [-0.2, 0) is 6.54 Å². The van der Waals surface area contributed by atoms with Gasteiger partial charge in [-0.25, -0.2) is 9.18 Å². The number of carbonyl (C=O) groups excluding carboxylic acids is 1. The molecule has 3 aromatic carbocycles. The Kier molecular flexibility index (Phi) is 6.60. The van der Waals surface area contributed by atoms with Crippen LogP contribution in [0.1, 0.15) is 22.3 Å². The van der Waals surface area contributed by atoms with Crippen molar-refractivity contribution in [3.63, 3.8) is 0 Å². The summed E-state index contributed by atoms with van der Waals surface area (Å²) in [6, 6.07) is 24.1. The van der Waals surface area contributed by atoms with Crippen molar-refractivity contribution >= 4 is 22.6 Å². The number of fused-ring (bicyclic) bond motifs is 1. The maximum Gasteiger partial charge on any atom is 0.338 e. The van der Waals surface area contributed by atoms with E-state index in [1.807, 2.05) is 48.5 Å². The van der Waals surface area contributed by atoms with E-state index in [9.17, 15) is 14.0 Å². The Morgan fingerprint density at radius 2 is 1.66 bits per heavy atom. The van der Waals surface area contributed by atoms with Gasteiger partial charge in [0.25, 0.3) is 5.91 Å². The quantitative estimate of drug-likeness (QED) is 0.313. The number of nitrogens with zero attached hydrogens (tertiary/aromatic N) is 1. The second-order valence-corrected chi connectivity index (χ2v) is 7.47. The number of amides is 1. The molecule has 0 spiro atoms. The lowest BCUT2D eigenvalue weighted by Crippen LogP contribution is -2.32. The zero-order valence-corrected chi connectivity index (χ0v) is 17.5. The fourth-order valence-electron chi connectivity index (χ4n) is 3.58. The normalized spacial score (nSPS) is 10.8. The topological polar surface area (TPSA) is 62.6 Å². The van der Waals surface area contributed by atoms with E-state index in [-0.39, 0.29) is 11.7 Å². The van der Waals surface area contributed by atoms with E-state index in [1.54, 1.807) is 11.0 Å². The molecule has 1 N–H and O–H groups in total. The van der Waals surface area contributed by atoms with Gasteiger partial charge in [0.2, 0.25) is 0 Å². The van der Waals surface area contributed by atoms with E-state index in [1.165, 1.54) is 30.3 Å². The predicted molar refractivity (Wildman–Crippen MR) is 123 cm³/mol. The molecule has 1 amide bonds. The van der Waals surface area contributed by atoms with Crippen LogP contribution in [-0.4, -0.2) is 23.9 Å². The Hall–Kier alpha value is -3.93. The number of para-hydroxylation sites is 1. The van der Waals surface area contributed by atoms with Gasteiger partial charge < -0.3 is 14.6 Å². The monoisotopic (exact) mass is 430 g/mol. The molecule has 4 rings (SSSR count). The minimum Gasteiger partial charge on any atom is -0.423 e. The molecule has 0 saturated heterocycles. The molecule has 0 unspecified atom stereocenters. The van der Waals surface area contributed by atoms with Crippen molar-refractivity contribution < 1.29 is 13.6 Å². The number of benzene rings is 3. The van der Waals surface area contributed by atoms with Crippen molar-refractivity contribution in [3.8, 4) is 0 Å². The Labute approximate surface area is 185 Å². The van der Waals surface area contributed by atoms with Crippen LogP contribution in [0.2, 0.25) is 0 Å². The molecule has 6 heteroatoms. The van der Waals surface area contributed by atoms with Gasteiger partial charge in [0.1, 0.15) is 11.4 Å². The van der Waals surface area contributed by atoms with Gasteiger partial charge in [-0.15, -0.1) is 0 Å². The van der Waals surface area contributed by atoms with Gasteiger partial charge in [-0.1, -0.05) is 42.5 Å². The second kappa shape index (κ2) is 9.92. The fraction of sp³-hybridized carbons (Fsp3) is 0.154. The Bertz CT molecular complexity index is 1250. The van der Waals surface area contributed by atoms with Crippen LogP contribution >= 0.6 is 0 Å². The molecule has 0 aliphatic rings. The summed E-state index contributed by atoms with van der Waals surface area (Å²) in [6.45, 7) is 1.52. The minimum atomic E-state index is -0.414. The zero-order valence-electron chi connectivity index (χ0n) is 17.5. The molecule has 1 heterocycles. The highest BCUT2D eigenvalue weighted by Crippen LogP contribution is 2.21. The number of halogens is 1. The van der Waals surface area contributed by atoms with E-state index in [0.717, 1.165) is 10.9 Å². The summed E-state index contributed by atoms with van der Waals surface area (Å²) in [4.78, 5) is 26.7. The lowest BCUT2D eigenvalue weighted by Gasteiger charge is -2.23. The Morgan fingerprint density at radius 3 is 2.44 bits per heavy atom. The Morgan fingerprint density at radius 1 is 0.938 bits per heavy atom. The van der Waals surface area contributed by atoms with Gasteiger partial charge in [0.15, 0.2) is 0 Å². The molecule has 0 fully saturated rings. The molecule has 4 aromatic rings. The zero-order chi connectivity index (χ0) is 22.3. The van der Waals surface area contributed by atoms with E-state index in [0.29, 0.717) is 42.9 Å². The summed E-state index contributed by atoms with van der Waals surface area (Å²) in [5.41, 5.74) is 2.28. The predicted octanol–water partition coefficient (Wildman–Crippen LogP) is 5.08. The smallest absolute Gasteiger partial charge is 0.338 e. The van der Waals surface area contributed by atoms with Crippen LogP contribution in [0.4, 0.5) is 10.1 Å². The van der Waals surface area contributed by atoms with Crippen molar-refractivity contribution in [1.82, 2.24) is 4.90 Å². The summed E-state index contributed by atoms with van der Waals surface area (Å²) in [7, 11) is 0. The maximum atomic E-state index is 13.3. The SMILES string of the molecule is O=C(c1ccc(F)cc1)N(CCCNc1cc(=O)oc2ccccc12)Cc1ccccc1. The van der Waals surface area contributed by atoms with E-state index in [2.05, 4.69) is 5.32 Å². The van der Waals surface area contributed by atoms with E-state index >= 15 is 0 Å². The molecule has 162 valence electrons.